The molecule has 4 N–H and O–H groups in total. The molecule has 2 aromatic rings. The van der Waals surface area contributed by atoms with Gasteiger partial charge in [0, 0.05) is 24.7 Å². The highest BCUT2D eigenvalue weighted by Gasteiger charge is 2.37. The molecule has 1 aliphatic rings. The third-order valence-corrected chi connectivity index (χ3v) is 5.11. The van der Waals surface area contributed by atoms with Gasteiger partial charge in [0.2, 0.25) is 5.91 Å². The minimum absolute atomic E-state index is 0.186. The number of carbonyl (C=O) groups excluding carboxylic acids is 2. The van der Waals surface area contributed by atoms with E-state index in [1.807, 2.05) is 0 Å². The lowest BCUT2D eigenvalue weighted by molar-refractivity contribution is -0.140. The summed E-state index contributed by atoms with van der Waals surface area (Å²) in [5, 5.41) is 3.28. The molecule has 3 rings (SSSR count). The molecular weight excluding hydrogens is 409 g/mol. The number of aromatic amines is 1. The Kier molecular flexibility index (Phi) is 6.18. The summed E-state index contributed by atoms with van der Waals surface area (Å²) in [4.78, 5) is 28.7. The number of nitrogens with one attached hydrogen (secondary N) is 2. The summed E-state index contributed by atoms with van der Waals surface area (Å²) in [6, 6.07) is 6.33. The summed E-state index contributed by atoms with van der Waals surface area (Å²) >= 11 is 5.99. The van der Waals surface area contributed by atoms with Crippen LogP contribution < -0.4 is 11.1 Å². The lowest BCUT2D eigenvalue weighted by Crippen LogP contribution is -2.46. The lowest BCUT2D eigenvalue weighted by Gasteiger charge is -2.23. The monoisotopic (exact) mass is 428 g/mol. The van der Waals surface area contributed by atoms with Crippen molar-refractivity contribution in [2.24, 2.45) is 5.73 Å². The van der Waals surface area contributed by atoms with Crippen molar-refractivity contribution in [1.29, 1.82) is 0 Å². The van der Waals surface area contributed by atoms with Crippen LogP contribution in [0.1, 0.15) is 40.2 Å². The zero-order valence-corrected chi connectivity index (χ0v) is 16.1. The van der Waals surface area contributed by atoms with Crippen molar-refractivity contribution < 1.29 is 22.8 Å². The number of alkyl halides is 3. The van der Waals surface area contributed by atoms with Crippen LogP contribution in [0.2, 0.25) is 5.02 Å². The molecule has 0 aliphatic carbocycles. The maximum Gasteiger partial charge on any atom is 0.431 e. The molecule has 1 aliphatic heterocycles. The molecule has 1 aromatic carbocycles. The molecule has 1 saturated heterocycles. The van der Waals surface area contributed by atoms with Crippen molar-refractivity contribution in [3.63, 3.8) is 0 Å². The zero-order valence-electron chi connectivity index (χ0n) is 15.4. The van der Waals surface area contributed by atoms with E-state index in [1.54, 1.807) is 18.2 Å². The van der Waals surface area contributed by atoms with Gasteiger partial charge >= 0.3 is 6.18 Å². The Morgan fingerprint density at radius 2 is 2.00 bits per heavy atom. The standard InChI is InChI=1S/C19H20ClF3N4O2/c20-13-4-3-11(9-24)12(8-13)10-25-17(28)15-2-1-7-27(15)18(29)14-5-6-16(26-14)19(21,22)23/h3-6,8,15,26H,1-2,7,9-10,24H2,(H,25,28). The van der Waals surface area contributed by atoms with Gasteiger partial charge in [-0.15, -0.1) is 0 Å². The van der Waals surface area contributed by atoms with Gasteiger partial charge in [-0.2, -0.15) is 13.2 Å². The Balaban J connectivity index is 1.68. The highest BCUT2D eigenvalue weighted by Crippen LogP contribution is 2.29. The molecule has 0 spiro atoms. The number of halogens is 4. The van der Waals surface area contributed by atoms with E-state index in [4.69, 9.17) is 17.3 Å². The van der Waals surface area contributed by atoms with Crippen LogP contribution in [-0.2, 0) is 24.1 Å². The van der Waals surface area contributed by atoms with Gasteiger partial charge in [-0.05, 0) is 48.2 Å². The minimum atomic E-state index is -4.57. The predicted molar refractivity (Wildman–Crippen MR) is 101 cm³/mol. The third-order valence-electron chi connectivity index (χ3n) is 4.88. The van der Waals surface area contributed by atoms with Gasteiger partial charge in [0.1, 0.15) is 17.4 Å². The quantitative estimate of drug-likeness (QED) is 0.683. The van der Waals surface area contributed by atoms with Gasteiger partial charge in [0.15, 0.2) is 0 Å². The fraction of sp³-hybridized carbons (Fsp3) is 0.368. The van der Waals surface area contributed by atoms with E-state index in [0.717, 1.165) is 23.3 Å². The van der Waals surface area contributed by atoms with Gasteiger partial charge in [-0.3, -0.25) is 9.59 Å². The number of rotatable bonds is 5. The highest BCUT2D eigenvalue weighted by atomic mass is 35.5. The molecule has 0 bridgehead atoms. The summed E-state index contributed by atoms with van der Waals surface area (Å²) in [5.41, 5.74) is 6.10. The van der Waals surface area contributed by atoms with Gasteiger partial charge in [-0.25, -0.2) is 0 Å². The Morgan fingerprint density at radius 3 is 2.66 bits per heavy atom. The van der Waals surface area contributed by atoms with Crippen LogP contribution in [0.25, 0.3) is 0 Å². The van der Waals surface area contributed by atoms with Crippen LogP contribution in [0, 0.1) is 0 Å². The van der Waals surface area contributed by atoms with E-state index in [0.29, 0.717) is 24.4 Å². The van der Waals surface area contributed by atoms with Gasteiger partial charge < -0.3 is 20.9 Å². The molecule has 156 valence electrons. The third kappa shape index (κ3) is 4.73. The minimum Gasteiger partial charge on any atom is -0.350 e. The Labute approximate surface area is 170 Å². The second-order valence-corrected chi connectivity index (χ2v) is 7.21. The molecule has 1 atom stereocenters. The van der Waals surface area contributed by atoms with Crippen LogP contribution in [0.3, 0.4) is 0 Å². The fourth-order valence-corrected chi connectivity index (χ4v) is 3.58. The maximum atomic E-state index is 12.8. The number of hydrogen-bond acceptors (Lipinski definition) is 3. The Morgan fingerprint density at radius 1 is 1.24 bits per heavy atom. The highest BCUT2D eigenvalue weighted by molar-refractivity contribution is 6.30. The van der Waals surface area contributed by atoms with Crippen molar-refractivity contribution in [2.45, 2.75) is 38.1 Å². The summed E-state index contributed by atoms with van der Waals surface area (Å²) in [7, 11) is 0. The normalized spacial score (nSPS) is 16.9. The summed E-state index contributed by atoms with van der Waals surface area (Å²) in [5.74, 6) is -1.01. The number of carbonyl (C=O) groups is 2. The summed E-state index contributed by atoms with van der Waals surface area (Å²) < 4.78 is 38.3. The van der Waals surface area contributed by atoms with E-state index in [-0.39, 0.29) is 24.7 Å². The van der Waals surface area contributed by atoms with Crippen LogP contribution in [0.5, 0.6) is 0 Å². The Hall–Kier alpha value is -2.52. The van der Waals surface area contributed by atoms with E-state index in [2.05, 4.69) is 10.3 Å². The number of amides is 2. The molecule has 0 radical (unpaired) electrons. The maximum absolute atomic E-state index is 12.8. The van der Waals surface area contributed by atoms with Crippen molar-refractivity contribution in [2.75, 3.05) is 6.54 Å². The van der Waals surface area contributed by atoms with Gasteiger partial charge in [-0.1, -0.05) is 17.7 Å². The number of nitrogens with zero attached hydrogens (tertiary/aromatic N) is 1. The molecule has 1 fully saturated rings. The van der Waals surface area contributed by atoms with Gasteiger partial charge in [0.25, 0.3) is 5.91 Å². The second-order valence-electron chi connectivity index (χ2n) is 6.77. The number of aromatic nitrogens is 1. The number of benzene rings is 1. The van der Waals surface area contributed by atoms with Crippen LogP contribution >= 0.6 is 11.6 Å². The predicted octanol–water partition coefficient (Wildman–Crippen LogP) is 3.07. The molecule has 10 heteroatoms. The first kappa shape index (κ1) is 21.2. The fourth-order valence-electron chi connectivity index (χ4n) is 3.38. The van der Waals surface area contributed by atoms with Crippen molar-refractivity contribution in [3.8, 4) is 0 Å². The smallest absolute Gasteiger partial charge is 0.350 e. The summed E-state index contributed by atoms with van der Waals surface area (Å²) in [6.07, 6.45) is -3.55. The first-order valence-corrected chi connectivity index (χ1v) is 9.40. The molecule has 6 nitrogen and oxygen atoms in total. The molecule has 29 heavy (non-hydrogen) atoms. The van der Waals surface area contributed by atoms with E-state index in [1.165, 1.54) is 4.90 Å². The van der Waals surface area contributed by atoms with Crippen LogP contribution in [0.4, 0.5) is 13.2 Å². The molecule has 0 saturated carbocycles. The number of nitrogens with two attached hydrogens (primary N) is 1. The van der Waals surface area contributed by atoms with Crippen molar-refractivity contribution in [3.05, 3.63) is 57.9 Å². The van der Waals surface area contributed by atoms with Crippen molar-refractivity contribution in [1.82, 2.24) is 15.2 Å². The molecule has 2 heterocycles. The first-order valence-electron chi connectivity index (χ1n) is 9.03. The number of hydrogen-bond donors (Lipinski definition) is 3. The largest absolute Gasteiger partial charge is 0.431 e. The van der Waals surface area contributed by atoms with E-state index >= 15 is 0 Å². The first-order chi connectivity index (χ1) is 13.7. The summed E-state index contributed by atoms with van der Waals surface area (Å²) in [6.45, 7) is 0.762. The zero-order chi connectivity index (χ0) is 21.2. The number of likely N-dealkylation sites (tertiary alicyclic amines) is 1. The average Bonchev–Trinajstić information content (AvgIpc) is 3.35. The average molecular weight is 429 g/mol. The lowest BCUT2D eigenvalue weighted by atomic mass is 10.1. The van der Waals surface area contributed by atoms with Crippen LogP contribution in [-0.4, -0.2) is 34.3 Å². The molecule has 1 aromatic heterocycles. The molecule has 1 unspecified atom stereocenters. The molecular formula is C19H20ClF3N4O2. The second kappa shape index (κ2) is 8.46. The SMILES string of the molecule is NCc1ccc(Cl)cc1CNC(=O)C1CCCN1C(=O)c1ccc(C(F)(F)F)[nH]1. The van der Waals surface area contributed by atoms with Gasteiger partial charge in [0.05, 0.1) is 0 Å². The molecule has 2 amide bonds. The van der Waals surface area contributed by atoms with Crippen molar-refractivity contribution >= 4 is 23.4 Å². The topological polar surface area (TPSA) is 91.2 Å². The Bertz CT molecular complexity index is 913. The number of H-pyrrole nitrogens is 1. The van der Waals surface area contributed by atoms with E-state index in [9.17, 15) is 22.8 Å². The van der Waals surface area contributed by atoms with E-state index < -0.39 is 23.8 Å². The van der Waals surface area contributed by atoms with Crippen LogP contribution in [0.15, 0.2) is 30.3 Å².